The van der Waals surface area contributed by atoms with Crippen molar-refractivity contribution in [3.63, 3.8) is 0 Å². The normalized spacial score (nSPS) is 15.4. The molecule has 8 nitrogen and oxygen atoms in total. The minimum Gasteiger partial charge on any atom is -0.504 e. The first kappa shape index (κ1) is 22.0. The van der Waals surface area contributed by atoms with E-state index in [-0.39, 0.29) is 33.8 Å². The van der Waals surface area contributed by atoms with E-state index < -0.39 is 23.2 Å². The fraction of sp³-hybridized carbons (Fsp3) is 0.250. The van der Waals surface area contributed by atoms with Crippen molar-refractivity contribution in [2.45, 2.75) is 26.3 Å². The summed E-state index contributed by atoms with van der Waals surface area (Å²) in [6, 6.07) is 7.20. The molecule has 10 heteroatoms. The van der Waals surface area contributed by atoms with Crippen LogP contribution < -0.4 is 15.1 Å². The molecule has 0 saturated carbocycles. The highest BCUT2D eigenvalue weighted by Gasteiger charge is 2.45. The summed E-state index contributed by atoms with van der Waals surface area (Å²) in [6.07, 6.45) is 0.685. The number of nitrogens with zero attached hydrogens (tertiary/aromatic N) is 3. The molecule has 3 heterocycles. The number of carbonyl (C=O) groups excluding carboxylic acids is 1. The number of hydrogen-bond acceptors (Lipinski definition) is 8. The van der Waals surface area contributed by atoms with Crippen LogP contribution in [0.5, 0.6) is 11.5 Å². The van der Waals surface area contributed by atoms with Gasteiger partial charge in [0.1, 0.15) is 16.4 Å². The van der Waals surface area contributed by atoms with E-state index in [1.54, 1.807) is 12.1 Å². The maximum Gasteiger partial charge on any atom is 0.297 e. The Labute approximate surface area is 197 Å². The Kier molecular flexibility index (Phi) is 5.32. The minimum absolute atomic E-state index is 0.0295. The lowest BCUT2D eigenvalue weighted by atomic mass is 9.98. The summed E-state index contributed by atoms with van der Waals surface area (Å²) in [5.41, 5.74) is 0.151. The second-order valence-electron chi connectivity index (χ2n) is 8.40. The Morgan fingerprint density at radius 3 is 2.74 bits per heavy atom. The third-order valence-electron chi connectivity index (χ3n) is 5.60. The van der Waals surface area contributed by atoms with Crippen LogP contribution in [0.25, 0.3) is 11.0 Å². The second kappa shape index (κ2) is 8.21. The number of amides is 1. The van der Waals surface area contributed by atoms with Crippen molar-refractivity contribution in [3.8, 4) is 11.5 Å². The lowest BCUT2D eigenvalue weighted by molar-refractivity contribution is 0.0970. The number of phenolic OH excluding ortho intramolecular Hbond substituents is 1. The Morgan fingerprint density at radius 2 is 2.00 bits per heavy atom. The fourth-order valence-corrected chi connectivity index (χ4v) is 5.17. The van der Waals surface area contributed by atoms with Gasteiger partial charge in [0, 0.05) is 6.42 Å². The highest BCUT2D eigenvalue weighted by atomic mass is 32.1. The maximum absolute atomic E-state index is 13.9. The summed E-state index contributed by atoms with van der Waals surface area (Å²) < 4.78 is 25.0. The molecule has 0 saturated heterocycles. The fourth-order valence-electron chi connectivity index (χ4n) is 4.10. The van der Waals surface area contributed by atoms with Crippen LogP contribution in [0.15, 0.2) is 45.6 Å². The number of fused-ring (bicyclic) bond motifs is 2. The molecule has 0 spiro atoms. The zero-order valence-electron chi connectivity index (χ0n) is 18.5. The van der Waals surface area contributed by atoms with Crippen LogP contribution in [0.1, 0.15) is 46.6 Å². The van der Waals surface area contributed by atoms with E-state index in [4.69, 9.17) is 9.15 Å². The van der Waals surface area contributed by atoms with E-state index in [0.717, 1.165) is 11.1 Å². The molecule has 1 atom stereocenters. The number of hydrogen-bond donors (Lipinski definition) is 1. The highest BCUT2D eigenvalue weighted by Crippen LogP contribution is 2.44. The van der Waals surface area contributed by atoms with E-state index in [1.165, 1.54) is 41.5 Å². The summed E-state index contributed by atoms with van der Waals surface area (Å²) >= 11 is 1.26. The molecule has 0 radical (unpaired) electrons. The van der Waals surface area contributed by atoms with E-state index in [2.05, 4.69) is 24.0 Å². The molecule has 0 aliphatic carbocycles. The van der Waals surface area contributed by atoms with Crippen LogP contribution in [0.4, 0.5) is 9.52 Å². The third-order valence-corrected chi connectivity index (χ3v) is 6.54. The zero-order chi connectivity index (χ0) is 24.1. The Bertz CT molecular complexity index is 1500. The molecule has 0 unspecified atom stereocenters. The topological polar surface area (TPSA) is 106 Å². The number of ether oxygens (including phenoxy) is 1. The largest absolute Gasteiger partial charge is 0.504 e. The molecule has 174 valence electrons. The average Bonchev–Trinajstić information content (AvgIpc) is 3.36. The van der Waals surface area contributed by atoms with Gasteiger partial charge in [-0.05, 0) is 41.8 Å². The molecule has 2 aromatic heterocycles. The first-order valence-electron chi connectivity index (χ1n) is 10.6. The van der Waals surface area contributed by atoms with Gasteiger partial charge in [-0.1, -0.05) is 31.3 Å². The predicted molar refractivity (Wildman–Crippen MR) is 124 cm³/mol. The highest BCUT2D eigenvalue weighted by molar-refractivity contribution is 7.15. The number of methoxy groups -OCH3 is 1. The summed E-state index contributed by atoms with van der Waals surface area (Å²) in [4.78, 5) is 28.5. The summed E-state index contributed by atoms with van der Waals surface area (Å²) in [5.74, 6) is -0.860. The van der Waals surface area contributed by atoms with Crippen LogP contribution in [0, 0.1) is 11.7 Å². The number of aromatic nitrogens is 2. The summed E-state index contributed by atoms with van der Waals surface area (Å²) in [6.45, 7) is 4.10. The van der Waals surface area contributed by atoms with Crippen molar-refractivity contribution in [1.82, 2.24) is 10.2 Å². The van der Waals surface area contributed by atoms with Gasteiger partial charge in [-0.25, -0.2) is 4.39 Å². The predicted octanol–water partition coefficient (Wildman–Crippen LogP) is 4.45. The van der Waals surface area contributed by atoms with Gasteiger partial charge in [0.15, 0.2) is 16.9 Å². The molecule has 1 N–H and O–H groups in total. The average molecular weight is 482 g/mol. The summed E-state index contributed by atoms with van der Waals surface area (Å²) in [7, 11) is 1.40. The molecule has 1 aliphatic heterocycles. The molecule has 0 bridgehead atoms. The first-order valence-corrected chi connectivity index (χ1v) is 11.4. The number of phenols is 1. The van der Waals surface area contributed by atoms with Gasteiger partial charge in [-0.2, -0.15) is 0 Å². The Morgan fingerprint density at radius 1 is 1.21 bits per heavy atom. The van der Waals surface area contributed by atoms with Gasteiger partial charge in [-0.3, -0.25) is 14.5 Å². The van der Waals surface area contributed by atoms with Crippen molar-refractivity contribution in [2.75, 3.05) is 12.0 Å². The second-order valence-corrected chi connectivity index (χ2v) is 9.44. The van der Waals surface area contributed by atoms with Crippen LogP contribution in [-0.4, -0.2) is 28.3 Å². The number of anilines is 1. The molecule has 1 aliphatic rings. The van der Waals surface area contributed by atoms with E-state index in [0.29, 0.717) is 23.0 Å². The molecule has 1 amide bonds. The Balaban J connectivity index is 1.76. The maximum atomic E-state index is 13.9. The smallest absolute Gasteiger partial charge is 0.297 e. The third kappa shape index (κ3) is 3.50. The van der Waals surface area contributed by atoms with Crippen LogP contribution in [-0.2, 0) is 6.42 Å². The van der Waals surface area contributed by atoms with Crippen molar-refractivity contribution in [1.29, 1.82) is 0 Å². The lowest BCUT2D eigenvalue weighted by Crippen LogP contribution is -2.29. The minimum atomic E-state index is -0.930. The molecular formula is C24H20FN3O5S. The Hall–Kier alpha value is -3.79. The summed E-state index contributed by atoms with van der Waals surface area (Å²) in [5, 5.41) is 19.6. The van der Waals surface area contributed by atoms with E-state index in [1.807, 2.05) is 0 Å². The monoisotopic (exact) mass is 481 g/mol. The number of benzene rings is 2. The van der Waals surface area contributed by atoms with Crippen LogP contribution in [0.2, 0.25) is 0 Å². The van der Waals surface area contributed by atoms with Gasteiger partial charge in [0.2, 0.25) is 10.9 Å². The molecule has 2 aromatic carbocycles. The van der Waals surface area contributed by atoms with E-state index in [9.17, 15) is 19.1 Å². The van der Waals surface area contributed by atoms with Gasteiger partial charge >= 0.3 is 0 Å². The van der Waals surface area contributed by atoms with Crippen molar-refractivity contribution in [3.05, 3.63) is 74.3 Å². The lowest BCUT2D eigenvalue weighted by Gasteiger charge is -2.22. The van der Waals surface area contributed by atoms with Gasteiger partial charge in [0.05, 0.1) is 24.1 Å². The SMILES string of the molecule is COc1cc([C@@H]2c3c(oc4ccc(F)cc4c3=O)C(=O)N2c2nnc(CC(C)C)s2)ccc1O. The molecule has 5 rings (SSSR count). The first-order chi connectivity index (χ1) is 16.3. The molecule has 34 heavy (non-hydrogen) atoms. The van der Waals surface area contributed by atoms with Crippen LogP contribution in [0.3, 0.4) is 0 Å². The van der Waals surface area contributed by atoms with Gasteiger partial charge < -0.3 is 14.3 Å². The number of aromatic hydroxyl groups is 1. The van der Waals surface area contributed by atoms with Gasteiger partial charge in [-0.15, -0.1) is 10.2 Å². The quantitative estimate of drug-likeness (QED) is 0.449. The standard InChI is InChI=1S/C24H20FN3O5S/c1-11(2)8-18-26-27-24(34-18)28-20(12-4-6-15(29)17(9-12)32-3)19-21(30)14-10-13(25)5-7-16(14)33-22(19)23(28)31/h4-7,9-11,20,29H,8H2,1-3H3/t20-/m1/s1. The molecule has 4 aromatic rings. The van der Waals surface area contributed by atoms with E-state index >= 15 is 0 Å². The van der Waals surface area contributed by atoms with Crippen LogP contribution >= 0.6 is 11.3 Å². The number of halogens is 1. The zero-order valence-corrected chi connectivity index (χ0v) is 19.4. The van der Waals surface area contributed by atoms with Crippen molar-refractivity contribution < 1.29 is 23.4 Å². The molecule has 0 fully saturated rings. The molecular weight excluding hydrogens is 461 g/mol. The number of carbonyl (C=O) groups is 1. The van der Waals surface area contributed by atoms with Gasteiger partial charge in [0.25, 0.3) is 5.91 Å². The van der Waals surface area contributed by atoms with Crippen molar-refractivity contribution in [2.24, 2.45) is 5.92 Å². The number of rotatable bonds is 5. The van der Waals surface area contributed by atoms with Crippen molar-refractivity contribution >= 4 is 33.3 Å².